The van der Waals surface area contributed by atoms with Crippen molar-refractivity contribution in [1.29, 1.82) is 0 Å². The summed E-state index contributed by atoms with van der Waals surface area (Å²) in [5, 5.41) is 3.78. The first-order chi connectivity index (χ1) is 21.0. The molecule has 0 spiro atoms. The zero-order chi connectivity index (χ0) is 32.0. The van der Waals surface area contributed by atoms with E-state index in [-0.39, 0.29) is 23.4 Å². The molecule has 236 valence electrons. The molecule has 2 amide bonds. The lowest BCUT2D eigenvalue weighted by Crippen LogP contribution is -2.53. The van der Waals surface area contributed by atoms with Gasteiger partial charge in [-0.3, -0.25) is 13.9 Å². The van der Waals surface area contributed by atoms with E-state index in [1.165, 1.54) is 30.2 Å². The van der Waals surface area contributed by atoms with Crippen LogP contribution < -0.4 is 14.4 Å². The van der Waals surface area contributed by atoms with Gasteiger partial charge in [-0.1, -0.05) is 66.7 Å². The number of amides is 2. The molecule has 44 heavy (non-hydrogen) atoms. The number of carbonyl (C=O) groups is 2. The Morgan fingerprint density at radius 1 is 1.05 bits per heavy atom. The average molecular weight is 726 g/mol. The molecule has 1 fully saturated rings. The molecule has 1 atom stereocenters. The molecular weight excluding hydrogens is 689 g/mol. The van der Waals surface area contributed by atoms with Gasteiger partial charge < -0.3 is 15.0 Å². The van der Waals surface area contributed by atoms with Crippen LogP contribution in [0, 0.1) is 6.92 Å². The lowest BCUT2D eigenvalue weighted by Gasteiger charge is -2.34. The lowest BCUT2D eigenvalue weighted by atomic mass is 10.1. The van der Waals surface area contributed by atoms with Crippen molar-refractivity contribution in [2.75, 3.05) is 18.0 Å². The predicted octanol–water partition coefficient (Wildman–Crippen LogP) is 7.13. The molecule has 0 bridgehead atoms. The van der Waals surface area contributed by atoms with Crippen LogP contribution in [0.15, 0.2) is 70.0 Å². The van der Waals surface area contributed by atoms with E-state index in [0.29, 0.717) is 37.9 Å². The predicted molar refractivity (Wildman–Crippen MR) is 178 cm³/mol. The number of benzene rings is 3. The summed E-state index contributed by atoms with van der Waals surface area (Å²) in [4.78, 5) is 29.3. The van der Waals surface area contributed by atoms with Crippen LogP contribution in [-0.4, -0.2) is 50.9 Å². The summed E-state index contributed by atoms with van der Waals surface area (Å²) in [7, 11) is -2.77. The fraction of sp³-hybridized carbons (Fsp3) is 0.375. The third-order valence-electron chi connectivity index (χ3n) is 7.79. The molecule has 0 unspecified atom stereocenters. The molecule has 4 rings (SSSR count). The van der Waals surface area contributed by atoms with Gasteiger partial charge in [-0.15, -0.1) is 0 Å². The number of halogens is 3. The molecule has 0 radical (unpaired) electrons. The second-order valence-electron chi connectivity index (χ2n) is 10.8. The largest absolute Gasteiger partial charge is 0.496 e. The number of rotatable bonds is 12. The van der Waals surface area contributed by atoms with Gasteiger partial charge in [0.2, 0.25) is 11.8 Å². The average Bonchev–Trinajstić information content (AvgIpc) is 3.50. The molecule has 0 saturated heterocycles. The maximum Gasteiger partial charge on any atom is 0.264 e. The van der Waals surface area contributed by atoms with Gasteiger partial charge in [0.15, 0.2) is 0 Å². The van der Waals surface area contributed by atoms with Crippen LogP contribution in [0.5, 0.6) is 5.75 Å². The number of methoxy groups -OCH3 is 1. The second kappa shape index (κ2) is 15.0. The van der Waals surface area contributed by atoms with E-state index in [2.05, 4.69) is 21.2 Å². The van der Waals surface area contributed by atoms with E-state index >= 15 is 0 Å². The minimum atomic E-state index is -4.26. The van der Waals surface area contributed by atoms with Gasteiger partial charge in [0.05, 0.1) is 22.2 Å². The van der Waals surface area contributed by atoms with E-state index in [1.807, 2.05) is 13.8 Å². The third kappa shape index (κ3) is 7.88. The van der Waals surface area contributed by atoms with Crippen LogP contribution in [0.25, 0.3) is 0 Å². The summed E-state index contributed by atoms with van der Waals surface area (Å²) in [5.74, 6) is -0.408. The normalized spacial score (nSPS) is 14.2. The number of nitrogens with zero attached hydrogens (tertiary/aromatic N) is 2. The summed E-state index contributed by atoms with van der Waals surface area (Å²) in [6.45, 7) is 3.06. The number of hydrogen-bond donors (Lipinski definition) is 1. The van der Waals surface area contributed by atoms with E-state index < -0.39 is 28.5 Å². The Hall–Kier alpha value is -2.79. The van der Waals surface area contributed by atoms with Crippen molar-refractivity contribution in [3.8, 4) is 5.75 Å². The Labute approximate surface area is 277 Å². The highest BCUT2D eigenvalue weighted by molar-refractivity contribution is 9.10. The quantitative estimate of drug-likeness (QED) is 0.214. The van der Waals surface area contributed by atoms with Crippen LogP contribution in [0.3, 0.4) is 0 Å². The molecule has 3 aromatic rings. The van der Waals surface area contributed by atoms with Crippen molar-refractivity contribution in [3.63, 3.8) is 0 Å². The summed E-state index contributed by atoms with van der Waals surface area (Å²) < 4.78 is 35.1. The smallest absolute Gasteiger partial charge is 0.264 e. The van der Waals surface area contributed by atoms with E-state index in [0.717, 1.165) is 35.6 Å². The first kappa shape index (κ1) is 34.1. The van der Waals surface area contributed by atoms with Crippen molar-refractivity contribution >= 4 is 66.7 Å². The van der Waals surface area contributed by atoms with Crippen LogP contribution >= 0.6 is 39.1 Å². The molecule has 1 saturated carbocycles. The molecule has 0 aromatic heterocycles. The molecule has 8 nitrogen and oxygen atoms in total. The number of nitrogens with one attached hydrogen (secondary N) is 1. The molecule has 1 aliphatic carbocycles. The van der Waals surface area contributed by atoms with Gasteiger partial charge in [0.1, 0.15) is 18.3 Å². The van der Waals surface area contributed by atoms with Crippen molar-refractivity contribution in [3.05, 3.63) is 86.3 Å². The zero-order valence-electron chi connectivity index (χ0n) is 24.9. The van der Waals surface area contributed by atoms with E-state index in [4.69, 9.17) is 27.9 Å². The molecule has 1 aliphatic rings. The van der Waals surface area contributed by atoms with E-state index in [9.17, 15) is 18.0 Å². The summed E-state index contributed by atoms with van der Waals surface area (Å²) in [6, 6.07) is 15.4. The number of hydrogen-bond acceptors (Lipinski definition) is 5. The molecule has 12 heteroatoms. The van der Waals surface area contributed by atoms with E-state index in [1.54, 1.807) is 42.5 Å². The number of carbonyl (C=O) groups excluding carboxylic acids is 2. The Kier molecular flexibility index (Phi) is 11.6. The van der Waals surface area contributed by atoms with Gasteiger partial charge in [-0.05, 0) is 84.6 Å². The minimum Gasteiger partial charge on any atom is -0.496 e. The molecule has 3 aromatic carbocycles. The van der Waals surface area contributed by atoms with Gasteiger partial charge in [-0.2, -0.15) is 0 Å². The van der Waals surface area contributed by atoms with Crippen LogP contribution in [-0.2, 0) is 26.2 Å². The summed E-state index contributed by atoms with van der Waals surface area (Å²) >= 11 is 16.4. The first-order valence-electron chi connectivity index (χ1n) is 14.4. The topological polar surface area (TPSA) is 96.0 Å². The van der Waals surface area contributed by atoms with Crippen molar-refractivity contribution < 1.29 is 22.7 Å². The van der Waals surface area contributed by atoms with Gasteiger partial charge in [-0.25, -0.2) is 8.42 Å². The van der Waals surface area contributed by atoms with Crippen molar-refractivity contribution in [1.82, 2.24) is 10.2 Å². The Bertz CT molecular complexity index is 1580. The van der Waals surface area contributed by atoms with Crippen LogP contribution in [0.1, 0.15) is 50.2 Å². The fourth-order valence-corrected chi connectivity index (χ4v) is 7.97. The number of ether oxygens (including phenoxy) is 1. The second-order valence-corrected chi connectivity index (χ2v) is 14.3. The number of aryl methyl sites for hydroxylation is 1. The maximum absolute atomic E-state index is 14.3. The Morgan fingerprint density at radius 2 is 1.68 bits per heavy atom. The highest BCUT2D eigenvalue weighted by Gasteiger charge is 2.35. The molecule has 1 N–H and O–H groups in total. The standard InChI is InChI=1S/C32H36BrCl2N3O5S/c1-4-29(32(40)36-22-8-5-6-9-22)37(19-25-27(34)10-7-11-28(25)35)31(39)20-38(23-14-12-21(2)13-15-23)44(41,42)24-16-17-30(43-3)26(33)18-24/h7,10-18,22,29H,4-6,8-9,19-20H2,1-3H3,(H,36,40)/t29-/m1/s1. The Morgan fingerprint density at radius 3 is 2.25 bits per heavy atom. The Balaban J connectivity index is 1.76. The van der Waals surface area contributed by atoms with Crippen LogP contribution in [0.2, 0.25) is 10.0 Å². The van der Waals surface area contributed by atoms with Gasteiger partial charge in [0.25, 0.3) is 10.0 Å². The van der Waals surface area contributed by atoms with Crippen molar-refractivity contribution in [2.45, 2.75) is 69.5 Å². The first-order valence-corrected chi connectivity index (χ1v) is 17.4. The number of sulfonamides is 1. The van der Waals surface area contributed by atoms with Gasteiger partial charge >= 0.3 is 0 Å². The highest BCUT2D eigenvalue weighted by atomic mass is 79.9. The zero-order valence-corrected chi connectivity index (χ0v) is 28.8. The summed E-state index contributed by atoms with van der Waals surface area (Å²) in [5.41, 5.74) is 1.70. The third-order valence-corrected chi connectivity index (χ3v) is 10.9. The number of anilines is 1. The monoisotopic (exact) mass is 723 g/mol. The lowest BCUT2D eigenvalue weighted by molar-refractivity contribution is -0.140. The van der Waals surface area contributed by atoms with Gasteiger partial charge in [0, 0.05) is 28.2 Å². The molecule has 0 aliphatic heterocycles. The van der Waals surface area contributed by atoms with Crippen LogP contribution in [0.4, 0.5) is 5.69 Å². The molecule has 0 heterocycles. The summed E-state index contributed by atoms with van der Waals surface area (Å²) in [6.07, 6.45) is 4.12. The fourth-order valence-electron chi connectivity index (χ4n) is 5.32. The maximum atomic E-state index is 14.3. The molecular formula is C32H36BrCl2N3O5S. The highest BCUT2D eigenvalue weighted by Crippen LogP contribution is 2.32. The van der Waals surface area contributed by atoms with Crippen molar-refractivity contribution in [2.24, 2.45) is 0 Å². The SMILES string of the molecule is CC[C@H](C(=O)NC1CCCC1)N(Cc1c(Cl)cccc1Cl)C(=O)CN(c1ccc(C)cc1)S(=O)(=O)c1ccc(OC)c(Br)c1. The minimum absolute atomic E-state index is 0.0368.